The first kappa shape index (κ1) is 16.3. The van der Waals surface area contributed by atoms with Gasteiger partial charge in [-0.1, -0.05) is 13.3 Å². The van der Waals surface area contributed by atoms with Gasteiger partial charge in [-0.3, -0.25) is 4.90 Å². The van der Waals surface area contributed by atoms with Crippen molar-refractivity contribution in [1.82, 2.24) is 4.90 Å². The average Bonchev–Trinajstić information content (AvgIpc) is 2.49. The molecule has 0 spiro atoms. The van der Waals surface area contributed by atoms with Crippen LogP contribution in [0.25, 0.3) is 0 Å². The SMILES string of the molecule is [CH2-][NH2+]C(=O)N(CCCC)Cc1cc(OC)cc(OC)c1. The van der Waals surface area contributed by atoms with Gasteiger partial charge in [-0.25, -0.2) is 4.79 Å². The van der Waals surface area contributed by atoms with E-state index in [1.807, 2.05) is 18.2 Å². The summed E-state index contributed by atoms with van der Waals surface area (Å²) < 4.78 is 10.5. The molecule has 0 aliphatic carbocycles. The minimum absolute atomic E-state index is 0.0553. The number of urea groups is 1. The molecule has 1 aromatic rings. The third-order valence-corrected chi connectivity index (χ3v) is 3.05. The highest BCUT2D eigenvalue weighted by atomic mass is 16.5. The number of nitrogens with zero attached hydrogens (tertiary/aromatic N) is 1. The highest BCUT2D eigenvalue weighted by molar-refractivity contribution is 5.63. The molecule has 2 amide bonds. The van der Waals surface area contributed by atoms with Crippen molar-refractivity contribution in [2.45, 2.75) is 26.3 Å². The lowest BCUT2D eigenvalue weighted by molar-refractivity contribution is -0.498. The molecule has 1 rings (SSSR count). The molecular formula is C15H24N2O3. The first-order valence-corrected chi connectivity index (χ1v) is 6.77. The fourth-order valence-electron chi connectivity index (χ4n) is 1.92. The van der Waals surface area contributed by atoms with Crippen LogP contribution in [0.4, 0.5) is 4.79 Å². The highest BCUT2D eigenvalue weighted by Gasteiger charge is 2.14. The van der Waals surface area contributed by atoms with Crippen LogP contribution in [-0.4, -0.2) is 31.7 Å². The smallest absolute Gasteiger partial charge is 0.389 e. The Morgan fingerprint density at radius 1 is 1.25 bits per heavy atom. The Kier molecular flexibility index (Phi) is 6.87. The summed E-state index contributed by atoms with van der Waals surface area (Å²) in [5, 5.41) is 1.35. The van der Waals surface area contributed by atoms with E-state index in [0.29, 0.717) is 6.54 Å². The maximum atomic E-state index is 11.9. The van der Waals surface area contributed by atoms with Gasteiger partial charge >= 0.3 is 6.03 Å². The van der Waals surface area contributed by atoms with Crippen molar-refractivity contribution in [3.63, 3.8) is 0 Å². The Morgan fingerprint density at radius 2 is 1.85 bits per heavy atom. The third-order valence-electron chi connectivity index (χ3n) is 3.05. The molecule has 5 heteroatoms. The molecule has 0 radical (unpaired) electrons. The Hall–Kier alpha value is -1.75. The summed E-state index contributed by atoms with van der Waals surface area (Å²) in [6.45, 7) is 3.35. The quantitative estimate of drug-likeness (QED) is 0.775. The summed E-state index contributed by atoms with van der Waals surface area (Å²) in [6, 6.07) is 5.59. The zero-order valence-corrected chi connectivity index (χ0v) is 12.5. The molecule has 0 saturated carbocycles. The zero-order chi connectivity index (χ0) is 15.0. The second kappa shape index (κ2) is 8.43. The second-order valence-electron chi connectivity index (χ2n) is 4.54. The van der Waals surface area contributed by atoms with E-state index in [2.05, 4.69) is 14.0 Å². The number of primary amides is 1. The molecule has 0 aliphatic rings. The molecule has 0 saturated heterocycles. The second-order valence-corrected chi connectivity index (χ2v) is 4.54. The van der Waals surface area contributed by atoms with Gasteiger partial charge < -0.3 is 14.8 Å². The molecule has 0 fully saturated rings. The van der Waals surface area contributed by atoms with Crippen LogP contribution in [0.3, 0.4) is 0 Å². The molecule has 5 nitrogen and oxygen atoms in total. The van der Waals surface area contributed by atoms with E-state index < -0.39 is 0 Å². The van der Waals surface area contributed by atoms with Crippen molar-refractivity contribution >= 4 is 6.03 Å². The molecule has 0 aromatic heterocycles. The van der Waals surface area contributed by atoms with Crippen LogP contribution in [0.2, 0.25) is 0 Å². The number of carbonyl (C=O) groups excluding carboxylic acids is 1. The van der Waals surface area contributed by atoms with E-state index in [1.165, 1.54) is 5.32 Å². The predicted molar refractivity (Wildman–Crippen MR) is 77.5 cm³/mol. The number of rotatable bonds is 7. The summed E-state index contributed by atoms with van der Waals surface area (Å²) in [7, 11) is 6.78. The Morgan fingerprint density at radius 3 is 2.30 bits per heavy atom. The van der Waals surface area contributed by atoms with E-state index in [0.717, 1.165) is 36.4 Å². The molecule has 20 heavy (non-hydrogen) atoms. The minimum atomic E-state index is -0.0553. The number of ether oxygens (including phenoxy) is 2. The number of amides is 2. The van der Waals surface area contributed by atoms with Crippen molar-refractivity contribution in [3.8, 4) is 11.5 Å². The third kappa shape index (κ3) is 4.74. The fraction of sp³-hybridized carbons (Fsp3) is 0.467. The molecule has 0 aliphatic heterocycles. The van der Waals surface area contributed by atoms with Crippen molar-refractivity contribution in [3.05, 3.63) is 30.8 Å². The lowest BCUT2D eigenvalue weighted by atomic mass is 10.2. The lowest BCUT2D eigenvalue weighted by Crippen LogP contribution is -2.84. The highest BCUT2D eigenvalue weighted by Crippen LogP contribution is 2.23. The Labute approximate surface area is 120 Å². The summed E-state index contributed by atoms with van der Waals surface area (Å²) in [6.07, 6.45) is 2.02. The number of hydrogen-bond donors (Lipinski definition) is 1. The summed E-state index contributed by atoms with van der Waals surface area (Å²) >= 11 is 0. The number of methoxy groups -OCH3 is 2. The first-order valence-electron chi connectivity index (χ1n) is 6.77. The standard InChI is InChI=1S/C15H24N2O3/c1-5-6-7-17(15(18)16-2)11-12-8-13(19-3)10-14(9-12)20-4/h8-10H,2,5-7,11,16H2,1,3-4H3. The van der Waals surface area contributed by atoms with Crippen LogP contribution in [0.15, 0.2) is 18.2 Å². The average molecular weight is 280 g/mol. The summed E-state index contributed by atoms with van der Waals surface area (Å²) in [4.78, 5) is 13.7. The van der Waals surface area contributed by atoms with Crippen LogP contribution in [0, 0.1) is 7.05 Å². The molecule has 1 aromatic carbocycles. The normalized spacial score (nSPS) is 10.2. The summed E-state index contributed by atoms with van der Waals surface area (Å²) in [5.41, 5.74) is 0.979. The first-order chi connectivity index (χ1) is 9.64. The van der Waals surface area contributed by atoms with Gasteiger partial charge in [0.2, 0.25) is 0 Å². The van der Waals surface area contributed by atoms with E-state index >= 15 is 0 Å². The van der Waals surface area contributed by atoms with E-state index in [4.69, 9.17) is 9.47 Å². The Balaban J connectivity index is 2.88. The number of benzene rings is 1. The predicted octanol–water partition coefficient (Wildman–Crippen LogP) is 1.78. The minimum Gasteiger partial charge on any atom is -0.497 e. The van der Waals surface area contributed by atoms with Crippen molar-refractivity contribution in [1.29, 1.82) is 0 Å². The van der Waals surface area contributed by atoms with Crippen LogP contribution in [-0.2, 0) is 6.54 Å². The van der Waals surface area contributed by atoms with Crippen LogP contribution in [0.1, 0.15) is 25.3 Å². The van der Waals surface area contributed by atoms with Crippen LogP contribution in [0.5, 0.6) is 11.5 Å². The molecule has 2 N–H and O–H groups in total. The van der Waals surface area contributed by atoms with Gasteiger partial charge in [-0.05, 0) is 24.1 Å². The van der Waals surface area contributed by atoms with Crippen molar-refractivity contribution < 1.29 is 19.6 Å². The van der Waals surface area contributed by atoms with Gasteiger partial charge in [-0.15, -0.1) is 7.05 Å². The van der Waals surface area contributed by atoms with Gasteiger partial charge in [0.05, 0.1) is 20.8 Å². The van der Waals surface area contributed by atoms with Gasteiger partial charge in [0.1, 0.15) is 11.5 Å². The number of nitrogens with two attached hydrogens (primary N) is 1. The van der Waals surface area contributed by atoms with Gasteiger partial charge in [0.25, 0.3) is 0 Å². The number of hydrogen-bond acceptors (Lipinski definition) is 3. The maximum Gasteiger partial charge on any atom is 0.389 e. The molecule has 0 bridgehead atoms. The Bertz CT molecular complexity index is 413. The molecule has 112 valence electrons. The number of carbonyl (C=O) groups is 1. The molecule has 0 atom stereocenters. The molecule has 0 unspecified atom stereocenters. The fourth-order valence-corrected chi connectivity index (χ4v) is 1.92. The van der Waals surface area contributed by atoms with E-state index in [-0.39, 0.29) is 6.03 Å². The van der Waals surface area contributed by atoms with Crippen LogP contribution < -0.4 is 14.8 Å². The van der Waals surface area contributed by atoms with Gasteiger partial charge in [-0.2, -0.15) is 0 Å². The van der Waals surface area contributed by atoms with Gasteiger partial charge in [0.15, 0.2) is 0 Å². The summed E-state index contributed by atoms with van der Waals surface area (Å²) in [5.74, 6) is 1.45. The van der Waals surface area contributed by atoms with Crippen molar-refractivity contribution in [2.75, 3.05) is 20.8 Å². The molecular weight excluding hydrogens is 256 g/mol. The van der Waals surface area contributed by atoms with Gasteiger partial charge in [0, 0.05) is 12.6 Å². The molecule has 0 heterocycles. The largest absolute Gasteiger partial charge is 0.497 e. The maximum absolute atomic E-state index is 11.9. The van der Waals surface area contributed by atoms with Crippen molar-refractivity contribution in [2.24, 2.45) is 0 Å². The monoisotopic (exact) mass is 280 g/mol. The van der Waals surface area contributed by atoms with Crippen LogP contribution >= 0.6 is 0 Å². The number of quaternary nitrogens is 1. The van der Waals surface area contributed by atoms with E-state index in [9.17, 15) is 4.79 Å². The van der Waals surface area contributed by atoms with E-state index in [1.54, 1.807) is 19.1 Å². The topological polar surface area (TPSA) is 55.4 Å². The number of unbranched alkanes of at least 4 members (excludes halogenated alkanes) is 1. The lowest BCUT2D eigenvalue weighted by Gasteiger charge is -2.21. The zero-order valence-electron chi connectivity index (χ0n) is 12.5.